The highest BCUT2D eigenvalue weighted by atomic mass is 19.1. The summed E-state index contributed by atoms with van der Waals surface area (Å²) in [6.45, 7) is 7.23. The molecular formula is C8H16FN. The zero-order valence-corrected chi connectivity index (χ0v) is 7.00. The molecule has 1 saturated heterocycles. The molecule has 1 aliphatic heterocycles. The van der Waals surface area contributed by atoms with Gasteiger partial charge in [-0.25, -0.2) is 4.39 Å². The molecule has 0 bridgehead atoms. The van der Waals surface area contributed by atoms with Crippen LogP contribution in [0.3, 0.4) is 0 Å². The molecule has 0 saturated carbocycles. The van der Waals surface area contributed by atoms with Gasteiger partial charge >= 0.3 is 0 Å². The highest BCUT2D eigenvalue weighted by Crippen LogP contribution is 2.38. The summed E-state index contributed by atoms with van der Waals surface area (Å²) in [7, 11) is 0. The van der Waals surface area contributed by atoms with E-state index in [1.54, 1.807) is 0 Å². The Labute approximate surface area is 62.0 Å². The quantitative estimate of drug-likeness (QED) is 0.547. The third-order valence-electron chi connectivity index (χ3n) is 2.45. The SMILES string of the molecule is CC(C)(C)C1(F)CCNC1. The first kappa shape index (κ1) is 7.99. The summed E-state index contributed by atoms with van der Waals surface area (Å²) in [4.78, 5) is 0. The van der Waals surface area contributed by atoms with Crippen LogP contribution in [0.2, 0.25) is 0 Å². The Kier molecular flexibility index (Phi) is 1.75. The molecule has 2 heteroatoms. The maximum Gasteiger partial charge on any atom is 0.129 e. The average Bonchev–Trinajstić information content (AvgIpc) is 2.13. The maximum atomic E-state index is 13.8. The van der Waals surface area contributed by atoms with Crippen LogP contribution in [-0.2, 0) is 0 Å². The largest absolute Gasteiger partial charge is 0.313 e. The summed E-state index contributed by atoms with van der Waals surface area (Å²) < 4.78 is 13.8. The van der Waals surface area contributed by atoms with Crippen LogP contribution in [0.25, 0.3) is 0 Å². The molecule has 1 fully saturated rings. The standard InChI is InChI=1S/C8H16FN/c1-7(2,3)8(9)4-5-10-6-8/h10H,4-6H2,1-3H3. The van der Waals surface area contributed by atoms with Crippen LogP contribution < -0.4 is 5.32 Å². The summed E-state index contributed by atoms with van der Waals surface area (Å²) >= 11 is 0. The van der Waals surface area contributed by atoms with E-state index in [4.69, 9.17) is 0 Å². The van der Waals surface area contributed by atoms with Gasteiger partial charge in [-0.2, -0.15) is 0 Å². The van der Waals surface area contributed by atoms with Crippen LogP contribution in [0.4, 0.5) is 4.39 Å². The number of hydrogen-bond donors (Lipinski definition) is 1. The predicted octanol–water partition coefficient (Wildman–Crippen LogP) is 1.73. The van der Waals surface area contributed by atoms with Crippen molar-refractivity contribution in [1.29, 1.82) is 0 Å². The second-order valence-electron chi connectivity index (χ2n) is 4.14. The molecular weight excluding hydrogens is 129 g/mol. The van der Waals surface area contributed by atoms with Crippen molar-refractivity contribution in [2.24, 2.45) is 5.41 Å². The van der Waals surface area contributed by atoms with E-state index in [1.807, 2.05) is 20.8 Å². The molecule has 10 heavy (non-hydrogen) atoms. The smallest absolute Gasteiger partial charge is 0.129 e. The fraction of sp³-hybridized carbons (Fsp3) is 1.00. The summed E-state index contributed by atoms with van der Waals surface area (Å²) in [6, 6.07) is 0. The lowest BCUT2D eigenvalue weighted by atomic mass is 9.77. The van der Waals surface area contributed by atoms with Crippen molar-refractivity contribution in [2.75, 3.05) is 13.1 Å². The number of rotatable bonds is 0. The fourth-order valence-corrected chi connectivity index (χ4v) is 1.30. The molecule has 1 heterocycles. The minimum Gasteiger partial charge on any atom is -0.313 e. The topological polar surface area (TPSA) is 12.0 Å². The highest BCUT2D eigenvalue weighted by Gasteiger charge is 2.44. The van der Waals surface area contributed by atoms with Crippen LogP contribution in [0, 0.1) is 5.41 Å². The Morgan fingerprint density at radius 1 is 1.40 bits per heavy atom. The number of nitrogens with one attached hydrogen (secondary N) is 1. The summed E-state index contributed by atoms with van der Waals surface area (Å²) in [5.74, 6) is 0. The lowest BCUT2D eigenvalue weighted by Crippen LogP contribution is -2.40. The molecule has 0 radical (unpaired) electrons. The summed E-state index contributed by atoms with van der Waals surface area (Å²) in [5, 5.41) is 3.04. The van der Waals surface area contributed by atoms with Crippen LogP contribution in [-0.4, -0.2) is 18.8 Å². The van der Waals surface area contributed by atoms with Gasteiger partial charge in [-0.05, 0) is 18.4 Å². The lowest BCUT2D eigenvalue weighted by Gasteiger charge is -2.33. The van der Waals surface area contributed by atoms with Crippen LogP contribution in [0.15, 0.2) is 0 Å². The van der Waals surface area contributed by atoms with Crippen molar-refractivity contribution in [3.63, 3.8) is 0 Å². The van der Waals surface area contributed by atoms with Crippen LogP contribution >= 0.6 is 0 Å². The molecule has 1 rings (SSSR count). The predicted molar refractivity (Wildman–Crippen MR) is 40.8 cm³/mol. The number of halogens is 1. The van der Waals surface area contributed by atoms with Crippen molar-refractivity contribution < 1.29 is 4.39 Å². The zero-order valence-electron chi connectivity index (χ0n) is 7.00. The molecule has 0 spiro atoms. The van der Waals surface area contributed by atoms with Gasteiger partial charge in [-0.15, -0.1) is 0 Å². The van der Waals surface area contributed by atoms with Crippen LogP contribution in [0.1, 0.15) is 27.2 Å². The van der Waals surface area contributed by atoms with Gasteiger partial charge in [0.05, 0.1) is 0 Å². The first-order chi connectivity index (χ1) is 4.46. The molecule has 60 valence electrons. The van der Waals surface area contributed by atoms with E-state index >= 15 is 0 Å². The Morgan fingerprint density at radius 2 is 2.00 bits per heavy atom. The van der Waals surface area contributed by atoms with Gasteiger partial charge in [0, 0.05) is 6.54 Å². The molecule has 1 unspecified atom stereocenters. The van der Waals surface area contributed by atoms with Gasteiger partial charge in [-0.1, -0.05) is 20.8 Å². The molecule has 1 aliphatic rings. The molecule has 0 amide bonds. The van der Waals surface area contributed by atoms with Crippen molar-refractivity contribution in [1.82, 2.24) is 5.32 Å². The molecule has 1 nitrogen and oxygen atoms in total. The van der Waals surface area contributed by atoms with Crippen molar-refractivity contribution >= 4 is 0 Å². The Morgan fingerprint density at radius 3 is 2.20 bits per heavy atom. The summed E-state index contributed by atoms with van der Waals surface area (Å²) in [6.07, 6.45) is 0.663. The van der Waals surface area contributed by atoms with E-state index in [2.05, 4.69) is 5.32 Å². The third kappa shape index (κ3) is 1.17. The van der Waals surface area contributed by atoms with E-state index in [-0.39, 0.29) is 5.41 Å². The third-order valence-corrected chi connectivity index (χ3v) is 2.45. The van der Waals surface area contributed by atoms with Crippen molar-refractivity contribution in [3.8, 4) is 0 Å². The number of alkyl halides is 1. The Bertz CT molecular complexity index is 120. The van der Waals surface area contributed by atoms with E-state index in [1.165, 1.54) is 0 Å². The van der Waals surface area contributed by atoms with Gasteiger partial charge in [-0.3, -0.25) is 0 Å². The van der Waals surface area contributed by atoms with Gasteiger partial charge in [0.1, 0.15) is 5.67 Å². The van der Waals surface area contributed by atoms with Gasteiger partial charge in [0.25, 0.3) is 0 Å². The normalized spacial score (nSPS) is 34.8. The minimum absolute atomic E-state index is 0.212. The van der Waals surface area contributed by atoms with Gasteiger partial charge in [0.2, 0.25) is 0 Å². The lowest BCUT2D eigenvalue weighted by molar-refractivity contribution is 0.0499. The maximum absolute atomic E-state index is 13.8. The highest BCUT2D eigenvalue weighted by molar-refractivity contribution is 4.97. The monoisotopic (exact) mass is 145 g/mol. The Hall–Kier alpha value is -0.110. The summed E-state index contributed by atoms with van der Waals surface area (Å²) in [5.41, 5.74) is -1.19. The fourth-order valence-electron chi connectivity index (χ4n) is 1.30. The first-order valence-corrected chi connectivity index (χ1v) is 3.85. The van der Waals surface area contributed by atoms with Crippen LogP contribution in [0.5, 0.6) is 0 Å². The van der Waals surface area contributed by atoms with Crippen molar-refractivity contribution in [2.45, 2.75) is 32.9 Å². The molecule has 0 aromatic rings. The second-order valence-corrected chi connectivity index (χ2v) is 4.14. The van der Waals surface area contributed by atoms with E-state index in [0.29, 0.717) is 13.0 Å². The van der Waals surface area contributed by atoms with E-state index < -0.39 is 5.67 Å². The van der Waals surface area contributed by atoms with Crippen molar-refractivity contribution in [3.05, 3.63) is 0 Å². The van der Waals surface area contributed by atoms with Gasteiger partial charge in [0.15, 0.2) is 0 Å². The zero-order chi connectivity index (χ0) is 7.83. The molecule has 1 N–H and O–H groups in total. The number of hydrogen-bond acceptors (Lipinski definition) is 1. The molecule has 1 atom stereocenters. The van der Waals surface area contributed by atoms with E-state index in [0.717, 1.165) is 6.54 Å². The second kappa shape index (κ2) is 2.19. The molecule has 0 aromatic heterocycles. The van der Waals surface area contributed by atoms with E-state index in [9.17, 15) is 4.39 Å². The molecule has 0 aromatic carbocycles. The first-order valence-electron chi connectivity index (χ1n) is 3.85. The average molecular weight is 145 g/mol. The van der Waals surface area contributed by atoms with Gasteiger partial charge < -0.3 is 5.32 Å². The Balaban J connectivity index is 2.67. The minimum atomic E-state index is -0.979. The molecule has 0 aliphatic carbocycles.